The highest BCUT2D eigenvalue weighted by Gasteiger charge is 2.30. The second-order valence-corrected chi connectivity index (χ2v) is 6.38. The first-order valence-electron chi connectivity index (χ1n) is 6.86. The van der Waals surface area contributed by atoms with Gasteiger partial charge in [0.25, 0.3) is 0 Å². The number of carbonyl (C=O) groups excluding carboxylic acids is 1. The van der Waals surface area contributed by atoms with Crippen LogP contribution in [0.15, 0.2) is 18.2 Å². The molecule has 2 aliphatic rings. The van der Waals surface area contributed by atoms with Crippen LogP contribution >= 0.6 is 11.8 Å². The minimum atomic E-state index is -0.0194. The number of benzene rings is 1. The third kappa shape index (κ3) is 2.88. The number of amides is 1. The Hall–Kier alpha value is -1.33. The summed E-state index contributed by atoms with van der Waals surface area (Å²) in [4.78, 5) is 13.5. The number of aryl methyl sites for hydroxylation is 1. The zero-order valence-corrected chi connectivity index (χ0v) is 12.3. The predicted octanol–water partition coefficient (Wildman–Crippen LogP) is 2.94. The normalized spacial score (nSPS) is 18.9. The number of hydrogen-bond acceptors (Lipinski definition) is 4. The van der Waals surface area contributed by atoms with Crippen molar-refractivity contribution in [2.45, 2.75) is 26.4 Å². The molecule has 1 saturated carbocycles. The van der Waals surface area contributed by atoms with Crippen LogP contribution in [0, 0.1) is 18.3 Å². The maximum atomic E-state index is 12.0. The number of hydrogen-bond donors (Lipinski definition) is 1. The summed E-state index contributed by atoms with van der Waals surface area (Å²) in [6.07, 6.45) is 2.54. The van der Waals surface area contributed by atoms with Gasteiger partial charge in [0, 0.05) is 12.2 Å². The summed E-state index contributed by atoms with van der Waals surface area (Å²) in [7, 11) is 0. The van der Waals surface area contributed by atoms with Crippen molar-refractivity contribution in [3.8, 4) is 0 Å². The van der Waals surface area contributed by atoms with E-state index in [2.05, 4.69) is 0 Å². The van der Waals surface area contributed by atoms with Gasteiger partial charge in [-0.05, 0) is 37.3 Å². The molecule has 3 rings (SSSR count). The Bertz CT molecular complexity index is 539. The molecule has 2 fully saturated rings. The van der Waals surface area contributed by atoms with E-state index >= 15 is 0 Å². The van der Waals surface area contributed by atoms with Gasteiger partial charge in [-0.3, -0.25) is 15.1 Å². The first-order chi connectivity index (χ1) is 9.65. The maximum absolute atomic E-state index is 12.0. The molecule has 0 spiro atoms. The molecule has 0 radical (unpaired) electrons. The molecule has 106 valence electrons. The number of ether oxygens (including phenoxy) is 1. The van der Waals surface area contributed by atoms with Crippen molar-refractivity contribution in [1.29, 1.82) is 5.41 Å². The fourth-order valence-electron chi connectivity index (χ4n) is 2.24. The fourth-order valence-corrected chi connectivity index (χ4v) is 2.96. The summed E-state index contributed by atoms with van der Waals surface area (Å²) >= 11 is 1.28. The van der Waals surface area contributed by atoms with E-state index in [4.69, 9.17) is 10.1 Å². The Morgan fingerprint density at radius 3 is 2.90 bits per heavy atom. The van der Waals surface area contributed by atoms with Crippen LogP contribution in [-0.4, -0.2) is 23.4 Å². The summed E-state index contributed by atoms with van der Waals surface area (Å²) in [5, 5.41) is 8.23. The molecule has 1 heterocycles. The van der Waals surface area contributed by atoms with Crippen molar-refractivity contribution < 1.29 is 9.53 Å². The Balaban J connectivity index is 1.81. The smallest absolute Gasteiger partial charge is 0.243 e. The predicted molar refractivity (Wildman–Crippen MR) is 81.2 cm³/mol. The van der Waals surface area contributed by atoms with E-state index in [1.807, 2.05) is 25.1 Å². The van der Waals surface area contributed by atoms with Crippen LogP contribution in [0.3, 0.4) is 0 Å². The van der Waals surface area contributed by atoms with Crippen LogP contribution in [0.5, 0.6) is 0 Å². The van der Waals surface area contributed by atoms with Crippen molar-refractivity contribution in [1.82, 2.24) is 0 Å². The van der Waals surface area contributed by atoms with Gasteiger partial charge in [-0.25, -0.2) is 0 Å². The van der Waals surface area contributed by atoms with Crippen molar-refractivity contribution in [3.05, 3.63) is 29.3 Å². The minimum absolute atomic E-state index is 0.0194. The summed E-state index contributed by atoms with van der Waals surface area (Å²) in [5.74, 6) is 1.06. The molecular formula is C15H18N2O2S. The largest absolute Gasteiger partial charge is 0.376 e. The average Bonchev–Trinajstić information content (AvgIpc) is 3.17. The lowest BCUT2D eigenvalue weighted by atomic mass is 10.1. The van der Waals surface area contributed by atoms with Crippen LogP contribution in [0.4, 0.5) is 5.69 Å². The lowest BCUT2D eigenvalue weighted by molar-refractivity contribution is -0.115. The molecule has 1 saturated heterocycles. The molecule has 1 aliphatic heterocycles. The van der Waals surface area contributed by atoms with E-state index in [1.165, 1.54) is 29.5 Å². The fraction of sp³-hybridized carbons (Fsp3) is 0.467. The molecule has 5 heteroatoms. The highest BCUT2D eigenvalue weighted by atomic mass is 32.2. The Morgan fingerprint density at radius 2 is 2.25 bits per heavy atom. The summed E-state index contributed by atoms with van der Waals surface area (Å²) in [6.45, 7) is 3.30. The number of amidine groups is 1. The van der Waals surface area contributed by atoms with Gasteiger partial charge in [-0.15, -0.1) is 0 Å². The van der Waals surface area contributed by atoms with E-state index in [-0.39, 0.29) is 5.91 Å². The molecule has 0 unspecified atom stereocenters. The van der Waals surface area contributed by atoms with E-state index in [0.717, 1.165) is 29.3 Å². The molecule has 0 atom stereocenters. The van der Waals surface area contributed by atoms with Gasteiger partial charge < -0.3 is 4.74 Å². The zero-order chi connectivity index (χ0) is 14.1. The number of rotatable bonds is 5. The van der Waals surface area contributed by atoms with Gasteiger partial charge >= 0.3 is 0 Å². The molecule has 0 aromatic heterocycles. The summed E-state index contributed by atoms with van der Waals surface area (Å²) in [6, 6.07) is 5.99. The van der Waals surface area contributed by atoms with E-state index in [0.29, 0.717) is 17.5 Å². The SMILES string of the molecule is Cc1ccc(COCC2CC2)c(N2C(=N)SCC2=O)c1. The maximum Gasteiger partial charge on any atom is 0.243 e. The van der Waals surface area contributed by atoms with Crippen LogP contribution in [0.1, 0.15) is 24.0 Å². The number of anilines is 1. The number of nitrogens with one attached hydrogen (secondary N) is 1. The molecule has 1 amide bonds. The molecular weight excluding hydrogens is 272 g/mol. The van der Waals surface area contributed by atoms with Crippen LogP contribution in [0.25, 0.3) is 0 Å². The van der Waals surface area contributed by atoms with Crippen LogP contribution in [-0.2, 0) is 16.1 Å². The van der Waals surface area contributed by atoms with Gasteiger partial charge in [0.05, 0.1) is 18.0 Å². The first kappa shape index (κ1) is 13.6. The number of thioether (sulfide) groups is 1. The van der Waals surface area contributed by atoms with Gasteiger partial charge in [-0.2, -0.15) is 0 Å². The molecule has 1 aromatic carbocycles. The second-order valence-electron chi connectivity index (χ2n) is 5.41. The Labute approximate surface area is 123 Å². The van der Waals surface area contributed by atoms with Crippen molar-refractivity contribution in [3.63, 3.8) is 0 Å². The van der Waals surface area contributed by atoms with Gasteiger partial charge in [0.2, 0.25) is 5.91 Å². The van der Waals surface area contributed by atoms with Crippen LogP contribution < -0.4 is 4.90 Å². The van der Waals surface area contributed by atoms with Crippen molar-refractivity contribution in [2.75, 3.05) is 17.3 Å². The summed E-state index contributed by atoms with van der Waals surface area (Å²) in [5.41, 5.74) is 2.88. The molecule has 1 aromatic rings. The highest BCUT2D eigenvalue weighted by molar-refractivity contribution is 8.15. The molecule has 0 bridgehead atoms. The van der Waals surface area contributed by atoms with Crippen molar-refractivity contribution >= 4 is 28.5 Å². The zero-order valence-electron chi connectivity index (χ0n) is 11.5. The third-order valence-corrected chi connectivity index (χ3v) is 4.42. The molecule has 1 aliphatic carbocycles. The lowest BCUT2D eigenvalue weighted by Crippen LogP contribution is -2.29. The van der Waals surface area contributed by atoms with Crippen LogP contribution in [0.2, 0.25) is 0 Å². The van der Waals surface area contributed by atoms with Gasteiger partial charge in [0.15, 0.2) is 5.17 Å². The number of carbonyl (C=O) groups is 1. The topological polar surface area (TPSA) is 53.4 Å². The van der Waals surface area contributed by atoms with Gasteiger partial charge in [-0.1, -0.05) is 23.9 Å². The van der Waals surface area contributed by atoms with Crippen molar-refractivity contribution in [2.24, 2.45) is 5.92 Å². The third-order valence-electron chi connectivity index (χ3n) is 3.57. The minimum Gasteiger partial charge on any atom is -0.376 e. The van der Waals surface area contributed by atoms with E-state index in [9.17, 15) is 4.79 Å². The molecule has 1 N–H and O–H groups in total. The van der Waals surface area contributed by atoms with E-state index in [1.54, 1.807) is 0 Å². The number of nitrogens with zero attached hydrogens (tertiary/aromatic N) is 1. The molecule has 4 nitrogen and oxygen atoms in total. The standard InChI is InChI=1S/C15H18N2O2S/c1-10-2-5-12(8-19-7-11-3-4-11)13(6-10)17-14(18)9-20-15(17)16/h2,5-6,11,16H,3-4,7-9H2,1H3. The average molecular weight is 290 g/mol. The Kier molecular flexibility index (Phi) is 3.81. The second kappa shape index (κ2) is 5.58. The highest BCUT2D eigenvalue weighted by Crippen LogP contribution is 2.32. The van der Waals surface area contributed by atoms with E-state index < -0.39 is 0 Å². The first-order valence-corrected chi connectivity index (χ1v) is 7.85. The van der Waals surface area contributed by atoms with Gasteiger partial charge in [0.1, 0.15) is 0 Å². The molecule has 20 heavy (non-hydrogen) atoms. The monoisotopic (exact) mass is 290 g/mol. The lowest BCUT2D eigenvalue weighted by Gasteiger charge is -2.19. The Morgan fingerprint density at radius 1 is 1.45 bits per heavy atom. The summed E-state index contributed by atoms with van der Waals surface area (Å²) < 4.78 is 5.74. The quantitative estimate of drug-likeness (QED) is 0.907.